The van der Waals surface area contributed by atoms with Crippen LogP contribution in [0.15, 0.2) is 84.9 Å². The van der Waals surface area contributed by atoms with Crippen LogP contribution in [0.4, 0.5) is 0 Å². The molecule has 1 aliphatic carbocycles. The molecule has 3 aromatic rings. The largest absolute Gasteiger partial charge is 0.380 e. The second-order valence-electron chi connectivity index (χ2n) is 8.47. The van der Waals surface area contributed by atoms with Gasteiger partial charge in [-0.15, -0.1) is 0 Å². The normalized spacial score (nSPS) is 19.3. The first-order chi connectivity index (χ1) is 14.8. The molecule has 1 heteroatoms. The van der Waals surface area contributed by atoms with Crippen molar-refractivity contribution in [2.24, 2.45) is 5.92 Å². The average molecular weight is 397 g/mol. The standard InChI is InChI=1S/C29H32O/c1-3-4-22-5-9-24(10-6-22)26-13-17-28(18-14-26)29-19-15-27(16-20-29)25-11-7-23(8-12-25)21-30-2/h3-4,7-8,11-20,22,24H,5-6,9-10,21H2,1-2H3/b4-3-/t22-,24-. The molecule has 1 aliphatic rings. The van der Waals surface area contributed by atoms with E-state index in [9.17, 15) is 0 Å². The molecule has 4 rings (SSSR count). The lowest BCUT2D eigenvalue weighted by molar-refractivity contribution is 0.185. The molecule has 1 fully saturated rings. The van der Waals surface area contributed by atoms with Crippen LogP contribution in [-0.4, -0.2) is 7.11 Å². The van der Waals surface area contributed by atoms with E-state index in [4.69, 9.17) is 4.74 Å². The SMILES string of the molecule is C/C=C\[C@H]1CC[C@H](c2ccc(-c3ccc(-c4ccc(COC)cc4)cc3)cc2)CC1. The van der Waals surface area contributed by atoms with Gasteiger partial charge in [-0.2, -0.15) is 0 Å². The Hall–Kier alpha value is -2.64. The van der Waals surface area contributed by atoms with Gasteiger partial charge in [0.05, 0.1) is 6.61 Å². The van der Waals surface area contributed by atoms with Crippen molar-refractivity contribution < 1.29 is 4.74 Å². The van der Waals surface area contributed by atoms with Crippen LogP contribution >= 0.6 is 0 Å². The molecule has 154 valence electrons. The molecule has 0 aliphatic heterocycles. The van der Waals surface area contributed by atoms with E-state index in [2.05, 4.69) is 91.9 Å². The number of hydrogen-bond donors (Lipinski definition) is 0. The van der Waals surface area contributed by atoms with Crippen molar-refractivity contribution in [2.75, 3.05) is 7.11 Å². The number of rotatable bonds is 6. The highest BCUT2D eigenvalue weighted by molar-refractivity contribution is 5.70. The van der Waals surface area contributed by atoms with E-state index >= 15 is 0 Å². The van der Waals surface area contributed by atoms with Gasteiger partial charge in [0.15, 0.2) is 0 Å². The van der Waals surface area contributed by atoms with Crippen LogP contribution in [0.25, 0.3) is 22.3 Å². The van der Waals surface area contributed by atoms with E-state index in [-0.39, 0.29) is 0 Å². The molecule has 0 N–H and O–H groups in total. The van der Waals surface area contributed by atoms with Gasteiger partial charge in [0, 0.05) is 7.11 Å². The molecule has 0 atom stereocenters. The minimum Gasteiger partial charge on any atom is -0.380 e. The zero-order valence-corrected chi connectivity index (χ0v) is 18.2. The van der Waals surface area contributed by atoms with E-state index in [0.717, 1.165) is 11.8 Å². The highest BCUT2D eigenvalue weighted by Gasteiger charge is 2.20. The maximum atomic E-state index is 5.20. The van der Waals surface area contributed by atoms with Gasteiger partial charge in [-0.1, -0.05) is 84.9 Å². The smallest absolute Gasteiger partial charge is 0.0713 e. The average Bonchev–Trinajstić information content (AvgIpc) is 2.81. The third kappa shape index (κ3) is 4.91. The Labute approximate surface area is 181 Å². The number of ether oxygens (including phenoxy) is 1. The van der Waals surface area contributed by atoms with Crippen LogP contribution in [0.2, 0.25) is 0 Å². The molecule has 0 heterocycles. The summed E-state index contributed by atoms with van der Waals surface area (Å²) in [6.45, 7) is 2.79. The molecule has 0 aromatic heterocycles. The predicted octanol–water partition coefficient (Wildman–Crippen LogP) is 8.02. The molecule has 1 saturated carbocycles. The molecule has 30 heavy (non-hydrogen) atoms. The Bertz CT molecular complexity index is 941. The summed E-state index contributed by atoms with van der Waals surface area (Å²) in [5.74, 6) is 1.52. The lowest BCUT2D eigenvalue weighted by Gasteiger charge is -2.27. The van der Waals surface area contributed by atoms with Crippen LogP contribution in [-0.2, 0) is 11.3 Å². The summed E-state index contributed by atoms with van der Waals surface area (Å²) in [4.78, 5) is 0. The fraction of sp³-hybridized carbons (Fsp3) is 0.310. The van der Waals surface area contributed by atoms with Crippen molar-refractivity contribution in [3.8, 4) is 22.3 Å². The summed E-state index contributed by atoms with van der Waals surface area (Å²) in [5.41, 5.74) is 7.77. The quantitative estimate of drug-likeness (QED) is 0.383. The minimum absolute atomic E-state index is 0.659. The van der Waals surface area contributed by atoms with Gasteiger partial charge >= 0.3 is 0 Å². The van der Waals surface area contributed by atoms with E-state index in [1.54, 1.807) is 7.11 Å². The fourth-order valence-electron chi connectivity index (χ4n) is 4.68. The van der Waals surface area contributed by atoms with Gasteiger partial charge in [0.1, 0.15) is 0 Å². The van der Waals surface area contributed by atoms with Crippen LogP contribution in [0.1, 0.15) is 49.7 Å². The fourth-order valence-corrected chi connectivity index (χ4v) is 4.68. The van der Waals surface area contributed by atoms with Crippen LogP contribution in [0.3, 0.4) is 0 Å². The highest BCUT2D eigenvalue weighted by atomic mass is 16.5. The third-order valence-corrected chi connectivity index (χ3v) is 6.44. The summed E-state index contributed by atoms with van der Waals surface area (Å²) >= 11 is 0. The molecule has 0 spiro atoms. The summed E-state index contributed by atoms with van der Waals surface area (Å²) < 4.78 is 5.20. The first-order valence-corrected chi connectivity index (χ1v) is 11.2. The number of benzene rings is 3. The maximum Gasteiger partial charge on any atom is 0.0713 e. The highest BCUT2D eigenvalue weighted by Crippen LogP contribution is 2.37. The molecule has 3 aromatic carbocycles. The van der Waals surface area contributed by atoms with Gasteiger partial charge in [0.2, 0.25) is 0 Å². The van der Waals surface area contributed by atoms with E-state index in [1.165, 1.54) is 59.1 Å². The second kappa shape index (κ2) is 9.91. The van der Waals surface area contributed by atoms with Crippen LogP contribution in [0, 0.1) is 5.92 Å². The third-order valence-electron chi connectivity index (χ3n) is 6.44. The van der Waals surface area contributed by atoms with Crippen molar-refractivity contribution in [1.29, 1.82) is 0 Å². The summed E-state index contributed by atoms with van der Waals surface area (Å²) in [6.07, 6.45) is 9.87. The number of methoxy groups -OCH3 is 1. The summed E-state index contributed by atoms with van der Waals surface area (Å²) in [7, 11) is 1.73. The zero-order chi connectivity index (χ0) is 20.8. The summed E-state index contributed by atoms with van der Waals surface area (Å²) in [6, 6.07) is 26.8. The van der Waals surface area contributed by atoms with Crippen molar-refractivity contribution in [3.05, 3.63) is 96.1 Å². The van der Waals surface area contributed by atoms with Gasteiger partial charge < -0.3 is 4.74 Å². The first-order valence-electron chi connectivity index (χ1n) is 11.2. The monoisotopic (exact) mass is 396 g/mol. The van der Waals surface area contributed by atoms with Crippen molar-refractivity contribution in [3.63, 3.8) is 0 Å². The van der Waals surface area contributed by atoms with Crippen LogP contribution in [0.5, 0.6) is 0 Å². The Morgan fingerprint density at radius 1 is 0.700 bits per heavy atom. The molecular formula is C29H32O. The predicted molar refractivity (Wildman–Crippen MR) is 128 cm³/mol. The van der Waals surface area contributed by atoms with E-state index in [1.807, 2.05) is 0 Å². The zero-order valence-electron chi connectivity index (χ0n) is 18.2. The van der Waals surface area contributed by atoms with Gasteiger partial charge in [-0.25, -0.2) is 0 Å². The molecular weight excluding hydrogens is 364 g/mol. The van der Waals surface area contributed by atoms with Crippen LogP contribution < -0.4 is 0 Å². The molecule has 0 unspecified atom stereocenters. The second-order valence-corrected chi connectivity index (χ2v) is 8.47. The van der Waals surface area contributed by atoms with Gasteiger partial charge in [-0.3, -0.25) is 0 Å². The summed E-state index contributed by atoms with van der Waals surface area (Å²) in [5, 5.41) is 0. The van der Waals surface area contributed by atoms with Crippen molar-refractivity contribution >= 4 is 0 Å². The first kappa shape index (κ1) is 20.6. The minimum atomic E-state index is 0.659. The lowest BCUT2D eigenvalue weighted by atomic mass is 9.78. The number of allylic oxidation sites excluding steroid dienone is 2. The van der Waals surface area contributed by atoms with Gasteiger partial charge in [-0.05, 0) is 77.8 Å². The van der Waals surface area contributed by atoms with E-state index in [0.29, 0.717) is 6.61 Å². The van der Waals surface area contributed by atoms with Crippen molar-refractivity contribution in [2.45, 2.75) is 45.1 Å². The molecule has 1 nitrogen and oxygen atoms in total. The van der Waals surface area contributed by atoms with Crippen molar-refractivity contribution in [1.82, 2.24) is 0 Å². The number of hydrogen-bond acceptors (Lipinski definition) is 1. The Kier molecular flexibility index (Phi) is 6.81. The topological polar surface area (TPSA) is 9.23 Å². The lowest BCUT2D eigenvalue weighted by Crippen LogP contribution is -2.11. The molecule has 0 saturated heterocycles. The Morgan fingerprint density at radius 3 is 1.63 bits per heavy atom. The maximum absolute atomic E-state index is 5.20. The molecule has 0 radical (unpaired) electrons. The molecule has 0 bridgehead atoms. The molecule has 0 amide bonds. The Balaban J connectivity index is 1.42. The van der Waals surface area contributed by atoms with Gasteiger partial charge in [0.25, 0.3) is 0 Å². The van der Waals surface area contributed by atoms with E-state index < -0.39 is 0 Å². The Morgan fingerprint density at radius 2 is 1.17 bits per heavy atom.